The van der Waals surface area contributed by atoms with Crippen LogP contribution < -0.4 is 11.1 Å². The number of carbonyl (C=O) groups excluding carboxylic acids is 1. The van der Waals surface area contributed by atoms with E-state index in [0.29, 0.717) is 5.69 Å². The van der Waals surface area contributed by atoms with Crippen molar-refractivity contribution in [2.24, 2.45) is 5.73 Å². The van der Waals surface area contributed by atoms with Crippen molar-refractivity contribution in [2.75, 3.05) is 11.6 Å². The molecule has 2 rings (SSSR count). The van der Waals surface area contributed by atoms with Crippen LogP contribution in [-0.4, -0.2) is 17.1 Å². The first kappa shape index (κ1) is 17.0. The van der Waals surface area contributed by atoms with Crippen LogP contribution in [0.4, 0.5) is 5.69 Å². The number of nitrogens with one attached hydrogen (secondary N) is 1. The Morgan fingerprint density at radius 3 is 2.77 bits per heavy atom. The first-order valence-electron chi connectivity index (χ1n) is 7.30. The van der Waals surface area contributed by atoms with Gasteiger partial charge in [0.1, 0.15) is 10.7 Å². The van der Waals surface area contributed by atoms with Gasteiger partial charge in [-0.25, -0.2) is 4.98 Å². The summed E-state index contributed by atoms with van der Waals surface area (Å²) in [6, 6.07) is 7.67. The van der Waals surface area contributed by atoms with E-state index < -0.39 is 0 Å². The molecule has 0 bridgehead atoms. The minimum atomic E-state index is -0.193. The van der Waals surface area contributed by atoms with E-state index in [9.17, 15) is 4.79 Å². The van der Waals surface area contributed by atoms with Crippen molar-refractivity contribution in [1.29, 1.82) is 0 Å². The summed E-state index contributed by atoms with van der Waals surface area (Å²) < 4.78 is 0. The average Bonchev–Trinajstić information content (AvgIpc) is 3.03. The van der Waals surface area contributed by atoms with Gasteiger partial charge in [-0.1, -0.05) is 19.8 Å². The molecule has 0 aliphatic heterocycles. The van der Waals surface area contributed by atoms with Gasteiger partial charge in [0.2, 0.25) is 0 Å². The van der Waals surface area contributed by atoms with E-state index in [1.807, 2.05) is 30.5 Å². The van der Waals surface area contributed by atoms with Gasteiger partial charge in [0, 0.05) is 16.0 Å². The lowest BCUT2D eigenvalue weighted by Gasteiger charge is -2.06. The first-order chi connectivity index (χ1) is 10.6. The Morgan fingerprint density at radius 2 is 2.14 bits per heavy atom. The van der Waals surface area contributed by atoms with Crippen LogP contribution in [0.3, 0.4) is 0 Å². The predicted octanol–water partition coefficient (Wildman–Crippen LogP) is 4.31. The summed E-state index contributed by atoms with van der Waals surface area (Å²) >= 11 is 3.12. The number of nitrogens with two attached hydrogens (primary N) is 1. The van der Waals surface area contributed by atoms with Gasteiger partial charge < -0.3 is 11.1 Å². The Bertz CT molecular complexity index is 610. The minimum absolute atomic E-state index is 0.0765. The molecule has 0 radical (unpaired) electrons. The highest BCUT2D eigenvalue weighted by molar-refractivity contribution is 7.98. The minimum Gasteiger partial charge on any atom is -0.322 e. The zero-order chi connectivity index (χ0) is 15.9. The molecule has 4 nitrogen and oxygen atoms in total. The van der Waals surface area contributed by atoms with E-state index >= 15 is 0 Å². The van der Waals surface area contributed by atoms with Gasteiger partial charge >= 0.3 is 0 Å². The van der Waals surface area contributed by atoms with Gasteiger partial charge in [0.15, 0.2) is 0 Å². The molecule has 1 heterocycles. The fraction of sp³-hybridized carbons (Fsp3) is 0.375. The fourth-order valence-corrected chi connectivity index (χ4v) is 3.22. The smallest absolute Gasteiger partial charge is 0.275 e. The van der Waals surface area contributed by atoms with Crippen molar-refractivity contribution in [3.63, 3.8) is 0 Å². The Hall–Kier alpha value is -1.37. The number of hydrogen-bond acceptors (Lipinski definition) is 5. The molecule has 2 aromatic rings. The zero-order valence-corrected chi connectivity index (χ0v) is 14.5. The standard InChI is InChI=1S/C16H21N3OS2/c1-3-4-5-13(17)16-19-14(10-22-16)15(20)18-11-6-8-12(21-2)9-7-11/h6-10,13H,3-5,17H2,1-2H3,(H,18,20). The molecule has 1 aromatic heterocycles. The first-order valence-corrected chi connectivity index (χ1v) is 9.41. The van der Waals surface area contributed by atoms with E-state index in [1.165, 1.54) is 11.3 Å². The molecular weight excluding hydrogens is 314 g/mol. The topological polar surface area (TPSA) is 68.0 Å². The Balaban J connectivity index is 1.98. The number of amides is 1. The summed E-state index contributed by atoms with van der Waals surface area (Å²) in [5.41, 5.74) is 7.30. The number of aromatic nitrogens is 1. The maximum absolute atomic E-state index is 12.2. The largest absolute Gasteiger partial charge is 0.322 e. The molecule has 0 aliphatic rings. The predicted molar refractivity (Wildman–Crippen MR) is 94.7 cm³/mol. The van der Waals surface area contributed by atoms with Gasteiger partial charge in [0.25, 0.3) is 5.91 Å². The van der Waals surface area contributed by atoms with Crippen LogP contribution in [0.25, 0.3) is 0 Å². The molecule has 0 saturated heterocycles. The molecule has 1 unspecified atom stereocenters. The second-order valence-corrected chi connectivity index (χ2v) is 6.77. The zero-order valence-electron chi connectivity index (χ0n) is 12.8. The van der Waals surface area contributed by atoms with E-state index in [4.69, 9.17) is 5.73 Å². The lowest BCUT2D eigenvalue weighted by atomic mass is 10.1. The van der Waals surface area contributed by atoms with Crippen LogP contribution in [0.5, 0.6) is 0 Å². The molecule has 3 N–H and O–H groups in total. The van der Waals surface area contributed by atoms with Crippen LogP contribution in [-0.2, 0) is 0 Å². The third-order valence-electron chi connectivity index (χ3n) is 3.29. The van der Waals surface area contributed by atoms with Crippen molar-refractivity contribution < 1.29 is 4.79 Å². The number of rotatable bonds is 7. The molecule has 0 aliphatic carbocycles. The van der Waals surface area contributed by atoms with E-state index in [0.717, 1.165) is 34.9 Å². The SMILES string of the molecule is CCCCC(N)c1nc(C(=O)Nc2ccc(SC)cc2)cs1. The number of benzene rings is 1. The molecule has 0 fully saturated rings. The molecule has 118 valence electrons. The van der Waals surface area contributed by atoms with Crippen LogP contribution in [0, 0.1) is 0 Å². The maximum atomic E-state index is 12.2. The maximum Gasteiger partial charge on any atom is 0.275 e. The average molecular weight is 335 g/mol. The Labute approximate surface area is 139 Å². The summed E-state index contributed by atoms with van der Waals surface area (Å²) in [6.07, 6.45) is 5.11. The number of nitrogens with zero attached hydrogens (tertiary/aromatic N) is 1. The lowest BCUT2D eigenvalue weighted by molar-refractivity contribution is 0.102. The highest BCUT2D eigenvalue weighted by Gasteiger charge is 2.15. The fourth-order valence-electron chi connectivity index (χ4n) is 1.98. The summed E-state index contributed by atoms with van der Waals surface area (Å²) in [5.74, 6) is -0.193. The summed E-state index contributed by atoms with van der Waals surface area (Å²) in [5, 5.41) is 5.46. The van der Waals surface area contributed by atoms with Crippen molar-refractivity contribution in [2.45, 2.75) is 37.1 Å². The van der Waals surface area contributed by atoms with Crippen molar-refractivity contribution >= 4 is 34.7 Å². The molecule has 6 heteroatoms. The molecule has 0 spiro atoms. The number of anilines is 1. The molecule has 1 atom stereocenters. The van der Waals surface area contributed by atoms with E-state index in [-0.39, 0.29) is 11.9 Å². The molecular formula is C16H21N3OS2. The van der Waals surface area contributed by atoms with Gasteiger partial charge in [0.05, 0.1) is 6.04 Å². The Morgan fingerprint density at radius 1 is 1.41 bits per heavy atom. The molecule has 1 aromatic carbocycles. The normalized spacial score (nSPS) is 12.1. The van der Waals surface area contributed by atoms with Crippen molar-refractivity contribution in [1.82, 2.24) is 4.98 Å². The van der Waals surface area contributed by atoms with Gasteiger partial charge in [-0.2, -0.15) is 0 Å². The van der Waals surface area contributed by atoms with Gasteiger partial charge in [-0.05, 0) is 36.9 Å². The third-order valence-corrected chi connectivity index (χ3v) is 5.01. The third kappa shape index (κ3) is 4.56. The van der Waals surface area contributed by atoms with Crippen molar-refractivity contribution in [3.05, 3.63) is 40.3 Å². The molecule has 1 amide bonds. The van der Waals surface area contributed by atoms with Crippen molar-refractivity contribution in [3.8, 4) is 0 Å². The molecule has 22 heavy (non-hydrogen) atoms. The second-order valence-electron chi connectivity index (χ2n) is 5.00. The van der Waals surface area contributed by atoms with E-state index in [2.05, 4.69) is 17.2 Å². The van der Waals surface area contributed by atoms with Gasteiger partial charge in [-0.15, -0.1) is 23.1 Å². The highest BCUT2D eigenvalue weighted by atomic mass is 32.2. The van der Waals surface area contributed by atoms with Crippen LogP contribution in [0.1, 0.15) is 47.7 Å². The van der Waals surface area contributed by atoms with Crippen LogP contribution in [0.2, 0.25) is 0 Å². The Kier molecular flexibility index (Phi) is 6.42. The monoisotopic (exact) mass is 335 g/mol. The number of thiazole rings is 1. The lowest BCUT2D eigenvalue weighted by Crippen LogP contribution is -2.14. The number of hydrogen-bond donors (Lipinski definition) is 2. The van der Waals surface area contributed by atoms with E-state index in [1.54, 1.807) is 17.1 Å². The molecule has 0 saturated carbocycles. The summed E-state index contributed by atoms with van der Waals surface area (Å²) in [7, 11) is 0. The van der Waals surface area contributed by atoms with Crippen LogP contribution >= 0.6 is 23.1 Å². The number of carbonyl (C=O) groups is 1. The quantitative estimate of drug-likeness (QED) is 0.740. The number of thioether (sulfide) groups is 1. The summed E-state index contributed by atoms with van der Waals surface area (Å²) in [4.78, 5) is 17.7. The van der Waals surface area contributed by atoms with Gasteiger partial charge in [-0.3, -0.25) is 4.79 Å². The second kappa shape index (κ2) is 8.31. The number of unbranched alkanes of at least 4 members (excludes halogenated alkanes) is 1. The summed E-state index contributed by atoms with van der Waals surface area (Å²) in [6.45, 7) is 2.13. The van der Waals surface area contributed by atoms with Crippen LogP contribution in [0.15, 0.2) is 34.5 Å². The highest BCUT2D eigenvalue weighted by Crippen LogP contribution is 2.22.